The molecule has 206 valence electrons. The van der Waals surface area contributed by atoms with Crippen LogP contribution < -0.4 is 10.5 Å². The Labute approximate surface area is 235 Å². The number of ether oxygens (including phenoxy) is 2. The maximum atomic E-state index is 13.4. The van der Waals surface area contributed by atoms with E-state index >= 15 is 0 Å². The second-order valence-electron chi connectivity index (χ2n) is 8.95. The number of anilines is 1. The van der Waals surface area contributed by atoms with Crippen LogP contribution in [0.3, 0.4) is 0 Å². The summed E-state index contributed by atoms with van der Waals surface area (Å²) >= 11 is 0. The Morgan fingerprint density at radius 3 is 2.25 bits per heavy atom. The van der Waals surface area contributed by atoms with Crippen LogP contribution in [0.15, 0.2) is 97.1 Å². The zero-order valence-electron chi connectivity index (χ0n) is 21.4. The van der Waals surface area contributed by atoms with Crippen molar-refractivity contribution in [2.75, 3.05) is 12.3 Å². The molecule has 2 N–H and O–H groups in total. The highest BCUT2D eigenvalue weighted by Crippen LogP contribution is 2.38. The minimum atomic E-state index is -4.82. The number of esters is 1. The summed E-state index contributed by atoms with van der Waals surface area (Å²) in [5.41, 5.74) is 11.4. The molecule has 0 saturated heterocycles. The van der Waals surface area contributed by atoms with Crippen LogP contribution in [-0.2, 0) is 11.3 Å². The SMILES string of the molecule is CCOC(=O)c1c(-c2ccccc2)c2ccc(-c3cccc(N)c3)cc2n1Cc1cccc(OC(F)(F)F)c1.Cl. The van der Waals surface area contributed by atoms with E-state index in [1.165, 1.54) is 18.2 Å². The molecular formula is C31H26ClF3N2O3. The Morgan fingerprint density at radius 1 is 0.850 bits per heavy atom. The van der Waals surface area contributed by atoms with Gasteiger partial charge in [0.05, 0.1) is 12.1 Å². The Kier molecular flexibility index (Phi) is 8.40. The van der Waals surface area contributed by atoms with Gasteiger partial charge in [-0.15, -0.1) is 25.6 Å². The summed E-state index contributed by atoms with van der Waals surface area (Å²) in [7, 11) is 0. The normalized spacial score (nSPS) is 11.2. The highest BCUT2D eigenvalue weighted by atomic mass is 35.5. The second kappa shape index (κ2) is 11.8. The first-order chi connectivity index (χ1) is 18.7. The third-order valence-electron chi connectivity index (χ3n) is 6.29. The van der Waals surface area contributed by atoms with Gasteiger partial charge in [-0.25, -0.2) is 4.79 Å². The monoisotopic (exact) mass is 566 g/mol. The lowest BCUT2D eigenvalue weighted by Crippen LogP contribution is -2.17. The molecule has 0 spiro atoms. The molecule has 0 saturated carbocycles. The van der Waals surface area contributed by atoms with Crippen LogP contribution in [0.1, 0.15) is 23.0 Å². The maximum Gasteiger partial charge on any atom is 0.573 e. The number of aromatic nitrogens is 1. The number of nitrogens with zero attached hydrogens (tertiary/aromatic N) is 1. The van der Waals surface area contributed by atoms with E-state index in [1.54, 1.807) is 23.6 Å². The van der Waals surface area contributed by atoms with E-state index < -0.39 is 12.3 Å². The van der Waals surface area contributed by atoms with Gasteiger partial charge in [0.2, 0.25) is 0 Å². The molecular weight excluding hydrogens is 541 g/mol. The van der Waals surface area contributed by atoms with E-state index in [0.29, 0.717) is 22.5 Å². The number of rotatable bonds is 7. The van der Waals surface area contributed by atoms with Crippen molar-refractivity contribution in [3.63, 3.8) is 0 Å². The van der Waals surface area contributed by atoms with Gasteiger partial charge in [0.15, 0.2) is 0 Å². The number of alkyl halides is 3. The second-order valence-corrected chi connectivity index (χ2v) is 8.95. The predicted octanol–water partition coefficient (Wildman–Crippen LogP) is 8.10. The quantitative estimate of drug-likeness (QED) is 0.160. The maximum absolute atomic E-state index is 13.4. The van der Waals surface area contributed by atoms with Gasteiger partial charge in [0.1, 0.15) is 11.4 Å². The van der Waals surface area contributed by atoms with Crippen molar-refractivity contribution in [3.8, 4) is 28.0 Å². The number of nitrogens with two attached hydrogens (primary N) is 1. The number of nitrogen functional groups attached to an aromatic ring is 1. The molecule has 40 heavy (non-hydrogen) atoms. The standard InChI is InChI=1S/C31H25F3N2O3.ClH/c1-2-38-30(37)29-28(21-9-4-3-5-10-21)26-15-14-23(22-11-7-12-24(35)17-22)18-27(26)36(29)19-20-8-6-13-25(16-20)39-31(32,33)34;/h3-18H,2,19,35H2,1H3;1H. The molecule has 0 bridgehead atoms. The lowest BCUT2D eigenvalue weighted by Gasteiger charge is -2.14. The smallest absolute Gasteiger partial charge is 0.461 e. The Morgan fingerprint density at radius 2 is 1.55 bits per heavy atom. The molecule has 5 nitrogen and oxygen atoms in total. The van der Waals surface area contributed by atoms with Crippen LogP contribution in [0.2, 0.25) is 0 Å². The molecule has 0 amide bonds. The molecule has 1 aromatic heterocycles. The molecule has 1 heterocycles. The van der Waals surface area contributed by atoms with Crippen molar-refractivity contribution in [2.45, 2.75) is 19.8 Å². The number of fused-ring (bicyclic) bond motifs is 1. The number of carbonyl (C=O) groups is 1. The average molecular weight is 567 g/mol. The molecule has 5 aromatic rings. The van der Waals surface area contributed by atoms with Crippen molar-refractivity contribution in [2.24, 2.45) is 0 Å². The molecule has 5 rings (SSSR count). The number of hydrogen-bond acceptors (Lipinski definition) is 4. The van der Waals surface area contributed by atoms with Crippen LogP contribution in [0.25, 0.3) is 33.2 Å². The number of benzene rings is 4. The molecule has 4 aromatic carbocycles. The fourth-order valence-corrected chi connectivity index (χ4v) is 4.74. The lowest BCUT2D eigenvalue weighted by molar-refractivity contribution is -0.274. The summed E-state index contributed by atoms with van der Waals surface area (Å²) in [4.78, 5) is 13.4. The third kappa shape index (κ3) is 6.07. The van der Waals surface area contributed by atoms with Crippen molar-refractivity contribution in [1.82, 2.24) is 4.57 Å². The fourth-order valence-electron chi connectivity index (χ4n) is 4.74. The molecule has 9 heteroatoms. The summed E-state index contributed by atoms with van der Waals surface area (Å²) in [5, 5.41) is 0.805. The Bertz CT molecular complexity index is 1650. The summed E-state index contributed by atoms with van der Waals surface area (Å²) in [6.45, 7) is 1.99. The molecule has 0 radical (unpaired) electrons. The van der Waals surface area contributed by atoms with Crippen LogP contribution in [0.4, 0.5) is 18.9 Å². The lowest BCUT2D eigenvalue weighted by atomic mass is 9.99. The van der Waals surface area contributed by atoms with E-state index in [9.17, 15) is 18.0 Å². The number of hydrogen-bond donors (Lipinski definition) is 1. The first-order valence-corrected chi connectivity index (χ1v) is 12.3. The summed E-state index contributed by atoms with van der Waals surface area (Å²) < 4.78 is 50.1. The minimum Gasteiger partial charge on any atom is -0.461 e. The summed E-state index contributed by atoms with van der Waals surface area (Å²) in [6, 6.07) is 28.5. The molecule has 0 aliphatic heterocycles. The van der Waals surface area contributed by atoms with Gasteiger partial charge in [0, 0.05) is 23.2 Å². The van der Waals surface area contributed by atoms with Gasteiger partial charge < -0.3 is 19.8 Å². The van der Waals surface area contributed by atoms with Crippen molar-refractivity contribution in [1.29, 1.82) is 0 Å². The van der Waals surface area contributed by atoms with Crippen molar-refractivity contribution in [3.05, 3.63) is 108 Å². The zero-order chi connectivity index (χ0) is 27.6. The fraction of sp³-hybridized carbons (Fsp3) is 0.129. The molecule has 0 aliphatic carbocycles. The summed E-state index contributed by atoms with van der Waals surface area (Å²) in [6.07, 6.45) is -4.82. The summed E-state index contributed by atoms with van der Waals surface area (Å²) in [5.74, 6) is -0.862. The van der Waals surface area contributed by atoms with Crippen LogP contribution in [0, 0.1) is 0 Å². The van der Waals surface area contributed by atoms with Gasteiger partial charge in [-0.05, 0) is 59.5 Å². The Balaban J connectivity index is 0.00000370. The third-order valence-corrected chi connectivity index (χ3v) is 6.29. The van der Waals surface area contributed by atoms with Gasteiger partial charge in [0.25, 0.3) is 0 Å². The first-order valence-electron chi connectivity index (χ1n) is 12.3. The van der Waals surface area contributed by atoms with Crippen molar-refractivity contribution >= 4 is 35.0 Å². The van der Waals surface area contributed by atoms with Gasteiger partial charge in [-0.3, -0.25) is 0 Å². The van der Waals surface area contributed by atoms with Gasteiger partial charge >= 0.3 is 12.3 Å². The topological polar surface area (TPSA) is 66.5 Å². The molecule has 0 fully saturated rings. The van der Waals surface area contributed by atoms with Crippen LogP contribution in [0.5, 0.6) is 5.75 Å². The zero-order valence-corrected chi connectivity index (χ0v) is 22.3. The van der Waals surface area contributed by atoms with Crippen LogP contribution >= 0.6 is 12.4 Å². The largest absolute Gasteiger partial charge is 0.573 e. The highest BCUT2D eigenvalue weighted by Gasteiger charge is 2.31. The van der Waals surface area contributed by atoms with E-state index in [1.807, 2.05) is 66.7 Å². The highest BCUT2D eigenvalue weighted by molar-refractivity contribution is 6.09. The van der Waals surface area contributed by atoms with E-state index in [0.717, 1.165) is 27.6 Å². The number of halogens is 4. The Hall–Kier alpha value is -4.43. The van der Waals surface area contributed by atoms with Gasteiger partial charge in [-0.2, -0.15) is 0 Å². The van der Waals surface area contributed by atoms with E-state index in [2.05, 4.69) is 4.74 Å². The van der Waals surface area contributed by atoms with Gasteiger partial charge in [-0.1, -0.05) is 66.7 Å². The molecule has 0 aliphatic rings. The van der Waals surface area contributed by atoms with E-state index in [-0.39, 0.29) is 31.3 Å². The average Bonchev–Trinajstić information content (AvgIpc) is 3.22. The minimum absolute atomic E-state index is 0. The predicted molar refractivity (Wildman–Crippen MR) is 153 cm³/mol. The van der Waals surface area contributed by atoms with Crippen molar-refractivity contribution < 1.29 is 27.4 Å². The number of carbonyl (C=O) groups excluding carboxylic acids is 1. The first kappa shape index (κ1) is 28.6. The van der Waals surface area contributed by atoms with Crippen LogP contribution in [-0.4, -0.2) is 23.5 Å². The molecule has 0 unspecified atom stereocenters. The van der Waals surface area contributed by atoms with E-state index in [4.69, 9.17) is 10.5 Å². The molecule has 0 atom stereocenters.